The van der Waals surface area contributed by atoms with Crippen molar-refractivity contribution in [3.8, 4) is 0 Å². The van der Waals surface area contributed by atoms with Crippen molar-refractivity contribution < 1.29 is 5.11 Å². The first-order chi connectivity index (χ1) is 10.0. The van der Waals surface area contributed by atoms with Crippen LogP contribution in [0.1, 0.15) is 46.0 Å². The van der Waals surface area contributed by atoms with Gasteiger partial charge in [-0.1, -0.05) is 18.1 Å². The van der Waals surface area contributed by atoms with Gasteiger partial charge in [0.1, 0.15) is 0 Å². The monoisotopic (exact) mass is 397 g/mol. The van der Waals surface area contributed by atoms with Crippen LogP contribution < -0.4 is 5.32 Å². The molecule has 0 aliphatic heterocycles. The molecule has 21 heavy (non-hydrogen) atoms. The van der Waals surface area contributed by atoms with E-state index in [2.05, 4.69) is 66.0 Å². The van der Waals surface area contributed by atoms with E-state index < -0.39 is 0 Å². The standard InChI is InChI=1S/C18H24INO/c1-12-15-4-3-5-17(21)18(15,2)11-10-16(12)20-14-8-6-13(19)7-9-14/h6-9,16-17,20-21H,3-5,10-11H2,1-2H3/t16?,17-,18-/m0/s1. The zero-order valence-corrected chi connectivity index (χ0v) is 15.0. The van der Waals surface area contributed by atoms with Gasteiger partial charge in [0.15, 0.2) is 0 Å². The molecule has 2 aliphatic carbocycles. The van der Waals surface area contributed by atoms with Crippen molar-refractivity contribution in [2.45, 2.75) is 58.1 Å². The first-order valence-corrected chi connectivity index (χ1v) is 8.99. The Bertz CT molecular complexity index is 551. The Kier molecular flexibility index (Phi) is 4.33. The van der Waals surface area contributed by atoms with Crippen LogP contribution in [0, 0.1) is 8.99 Å². The lowest BCUT2D eigenvalue weighted by molar-refractivity contribution is 0.0238. The zero-order chi connectivity index (χ0) is 15.0. The lowest BCUT2D eigenvalue weighted by atomic mass is 9.61. The maximum absolute atomic E-state index is 10.4. The van der Waals surface area contributed by atoms with Gasteiger partial charge in [-0.25, -0.2) is 0 Å². The van der Waals surface area contributed by atoms with E-state index in [1.165, 1.54) is 20.4 Å². The lowest BCUT2D eigenvalue weighted by Crippen LogP contribution is -2.43. The van der Waals surface area contributed by atoms with Gasteiger partial charge in [0.2, 0.25) is 0 Å². The molecule has 3 rings (SSSR count). The van der Waals surface area contributed by atoms with Gasteiger partial charge in [-0.3, -0.25) is 0 Å². The van der Waals surface area contributed by atoms with Crippen LogP contribution in [0.5, 0.6) is 0 Å². The molecule has 3 heteroatoms. The van der Waals surface area contributed by atoms with Crippen molar-refractivity contribution in [1.29, 1.82) is 0 Å². The minimum Gasteiger partial charge on any atom is -0.392 e. The molecule has 0 radical (unpaired) electrons. The third kappa shape index (κ3) is 2.87. The second kappa shape index (κ2) is 5.92. The molecule has 3 atom stereocenters. The van der Waals surface area contributed by atoms with E-state index in [-0.39, 0.29) is 11.5 Å². The van der Waals surface area contributed by atoms with Crippen LogP contribution in [0.3, 0.4) is 0 Å². The second-order valence-corrected chi connectivity index (χ2v) is 7.98. The summed E-state index contributed by atoms with van der Waals surface area (Å²) in [5.74, 6) is 0. The van der Waals surface area contributed by atoms with E-state index in [1.54, 1.807) is 0 Å². The third-order valence-electron chi connectivity index (χ3n) is 5.47. The highest BCUT2D eigenvalue weighted by atomic mass is 127. The van der Waals surface area contributed by atoms with Gasteiger partial charge in [0, 0.05) is 20.7 Å². The number of anilines is 1. The fraction of sp³-hybridized carbons (Fsp3) is 0.556. The topological polar surface area (TPSA) is 32.3 Å². The van der Waals surface area contributed by atoms with E-state index >= 15 is 0 Å². The van der Waals surface area contributed by atoms with Gasteiger partial charge in [0.25, 0.3) is 0 Å². The largest absolute Gasteiger partial charge is 0.392 e. The highest BCUT2D eigenvalue weighted by molar-refractivity contribution is 14.1. The molecule has 0 heterocycles. The second-order valence-electron chi connectivity index (χ2n) is 6.73. The molecule has 0 aromatic heterocycles. The fourth-order valence-electron chi connectivity index (χ4n) is 4.04. The summed E-state index contributed by atoms with van der Waals surface area (Å²) in [6.45, 7) is 4.52. The predicted octanol–water partition coefficient (Wildman–Crippen LogP) is 4.73. The normalized spacial score (nSPS) is 32.8. The van der Waals surface area contributed by atoms with Gasteiger partial charge in [0.05, 0.1) is 6.10 Å². The van der Waals surface area contributed by atoms with Gasteiger partial charge in [-0.15, -0.1) is 0 Å². The van der Waals surface area contributed by atoms with Gasteiger partial charge < -0.3 is 10.4 Å². The smallest absolute Gasteiger partial charge is 0.0631 e. The van der Waals surface area contributed by atoms with Crippen LogP contribution in [-0.4, -0.2) is 17.3 Å². The molecule has 0 bridgehead atoms. The van der Waals surface area contributed by atoms with Crippen molar-refractivity contribution in [1.82, 2.24) is 0 Å². The summed E-state index contributed by atoms with van der Waals surface area (Å²) < 4.78 is 1.26. The Morgan fingerprint density at radius 1 is 1.24 bits per heavy atom. The Morgan fingerprint density at radius 3 is 2.67 bits per heavy atom. The Labute approximate surface area is 141 Å². The number of hydrogen-bond donors (Lipinski definition) is 2. The van der Waals surface area contributed by atoms with Crippen LogP contribution in [-0.2, 0) is 0 Å². The molecule has 1 aromatic rings. The molecular formula is C18H24INO. The van der Waals surface area contributed by atoms with Gasteiger partial charge >= 0.3 is 0 Å². The fourth-order valence-corrected chi connectivity index (χ4v) is 4.40. The highest BCUT2D eigenvalue weighted by Crippen LogP contribution is 2.49. The Hall–Kier alpha value is -0.550. The first kappa shape index (κ1) is 15.3. The van der Waals surface area contributed by atoms with Crippen molar-refractivity contribution in [2.75, 3.05) is 5.32 Å². The van der Waals surface area contributed by atoms with Crippen molar-refractivity contribution >= 4 is 28.3 Å². The maximum atomic E-state index is 10.4. The van der Waals surface area contributed by atoms with Crippen molar-refractivity contribution in [3.63, 3.8) is 0 Å². The van der Waals surface area contributed by atoms with E-state index in [1.807, 2.05) is 0 Å². The number of benzene rings is 1. The number of hydrogen-bond acceptors (Lipinski definition) is 2. The minimum absolute atomic E-state index is 0.0204. The summed E-state index contributed by atoms with van der Waals surface area (Å²) >= 11 is 2.34. The number of halogens is 1. The summed E-state index contributed by atoms with van der Waals surface area (Å²) in [6, 6.07) is 9.01. The SMILES string of the molecule is CC1=C2CCC[C@H](O)[C@@]2(C)CCC1Nc1ccc(I)cc1. The Morgan fingerprint density at radius 2 is 1.95 bits per heavy atom. The van der Waals surface area contributed by atoms with Crippen molar-refractivity contribution in [2.24, 2.45) is 5.41 Å². The summed E-state index contributed by atoms with van der Waals surface area (Å²) in [4.78, 5) is 0. The summed E-state index contributed by atoms with van der Waals surface area (Å²) in [7, 11) is 0. The maximum Gasteiger partial charge on any atom is 0.0631 e. The molecule has 2 nitrogen and oxygen atoms in total. The van der Waals surface area contributed by atoms with E-state index in [0.717, 1.165) is 32.1 Å². The molecule has 1 unspecified atom stereocenters. The molecule has 2 aliphatic rings. The molecule has 2 N–H and O–H groups in total. The molecular weight excluding hydrogens is 373 g/mol. The molecule has 0 spiro atoms. The van der Waals surface area contributed by atoms with Crippen LogP contribution in [0.25, 0.3) is 0 Å². The van der Waals surface area contributed by atoms with E-state index in [0.29, 0.717) is 6.04 Å². The minimum atomic E-state index is -0.157. The number of nitrogens with one attached hydrogen (secondary N) is 1. The molecule has 0 saturated heterocycles. The molecule has 114 valence electrons. The van der Waals surface area contributed by atoms with Crippen LogP contribution in [0.2, 0.25) is 0 Å². The molecule has 1 aromatic carbocycles. The van der Waals surface area contributed by atoms with E-state index in [9.17, 15) is 5.11 Å². The predicted molar refractivity (Wildman–Crippen MR) is 96.5 cm³/mol. The number of aliphatic hydroxyl groups is 1. The molecule has 1 saturated carbocycles. The van der Waals surface area contributed by atoms with Gasteiger partial charge in [-0.05, 0) is 85.9 Å². The number of aliphatic hydroxyl groups excluding tert-OH is 1. The average Bonchev–Trinajstić information content (AvgIpc) is 2.47. The van der Waals surface area contributed by atoms with Crippen LogP contribution >= 0.6 is 22.6 Å². The summed E-state index contributed by atoms with van der Waals surface area (Å²) in [5, 5.41) is 14.1. The summed E-state index contributed by atoms with van der Waals surface area (Å²) in [6.07, 6.45) is 5.28. The Balaban J connectivity index is 1.84. The highest BCUT2D eigenvalue weighted by Gasteiger charge is 2.43. The van der Waals surface area contributed by atoms with Gasteiger partial charge in [-0.2, -0.15) is 0 Å². The zero-order valence-electron chi connectivity index (χ0n) is 12.8. The van der Waals surface area contributed by atoms with Crippen LogP contribution in [0.15, 0.2) is 35.4 Å². The number of rotatable bonds is 2. The van der Waals surface area contributed by atoms with E-state index in [4.69, 9.17) is 0 Å². The third-order valence-corrected chi connectivity index (χ3v) is 6.18. The molecule has 1 fully saturated rings. The molecule has 0 amide bonds. The van der Waals surface area contributed by atoms with Crippen molar-refractivity contribution in [3.05, 3.63) is 39.0 Å². The van der Waals surface area contributed by atoms with Crippen LogP contribution in [0.4, 0.5) is 5.69 Å². The average molecular weight is 397 g/mol. The quantitative estimate of drug-likeness (QED) is 0.559. The lowest BCUT2D eigenvalue weighted by Gasteiger charge is -2.47. The number of fused-ring (bicyclic) bond motifs is 1. The summed E-state index contributed by atoms with van der Waals surface area (Å²) in [5.41, 5.74) is 4.18. The first-order valence-electron chi connectivity index (χ1n) is 7.91.